The molecule has 2 fully saturated rings. The van der Waals surface area contributed by atoms with Crippen molar-refractivity contribution in [3.05, 3.63) is 105 Å². The fourth-order valence-corrected chi connectivity index (χ4v) is 6.98. The molecule has 0 bridgehead atoms. The third-order valence-electron chi connectivity index (χ3n) is 9.09. The zero-order chi connectivity index (χ0) is 34.8. The van der Waals surface area contributed by atoms with Gasteiger partial charge in [0.15, 0.2) is 0 Å². The number of amides is 1. The molecule has 0 aliphatic carbocycles. The van der Waals surface area contributed by atoms with Gasteiger partial charge in [-0.15, -0.1) is 0 Å². The maximum Gasteiger partial charge on any atom is 0.262 e. The van der Waals surface area contributed by atoms with Gasteiger partial charge in [-0.25, -0.2) is 9.97 Å². The predicted molar refractivity (Wildman–Crippen MR) is 192 cm³/mol. The van der Waals surface area contributed by atoms with Gasteiger partial charge in [-0.1, -0.05) is 65.7 Å². The zero-order valence-corrected chi connectivity index (χ0v) is 28.9. The first-order valence-electron chi connectivity index (χ1n) is 16.4. The average molecular weight is 716 g/mol. The number of halogens is 2. The minimum atomic E-state index is -0.889. The fourth-order valence-electron chi connectivity index (χ4n) is 6.31. The van der Waals surface area contributed by atoms with Crippen LogP contribution < -0.4 is 26.2 Å². The molecule has 5 aromatic rings. The van der Waals surface area contributed by atoms with Crippen molar-refractivity contribution >= 4 is 34.8 Å². The van der Waals surface area contributed by atoms with Gasteiger partial charge < -0.3 is 30.5 Å². The van der Waals surface area contributed by atoms with Crippen LogP contribution in [0.1, 0.15) is 24.0 Å². The van der Waals surface area contributed by atoms with Gasteiger partial charge in [-0.3, -0.25) is 14.0 Å². The summed E-state index contributed by atoms with van der Waals surface area (Å²) in [7, 11) is 1.59. The summed E-state index contributed by atoms with van der Waals surface area (Å²) in [6.07, 6.45) is 4.64. The van der Waals surface area contributed by atoms with Crippen LogP contribution in [-0.4, -0.2) is 70.4 Å². The lowest BCUT2D eigenvalue weighted by atomic mass is 9.97. The summed E-state index contributed by atoms with van der Waals surface area (Å²) in [4.78, 5) is 34.0. The first kappa shape index (κ1) is 34.1. The Kier molecular flexibility index (Phi) is 9.87. The predicted octanol–water partition coefficient (Wildman–Crippen LogP) is 4.63. The number of aromatic nitrogens is 3. The third-order valence-corrected chi connectivity index (χ3v) is 9.90. The smallest absolute Gasteiger partial charge is 0.262 e. The summed E-state index contributed by atoms with van der Waals surface area (Å²) in [5.74, 6) is 0.579. The Morgan fingerprint density at radius 2 is 1.70 bits per heavy atom. The summed E-state index contributed by atoms with van der Waals surface area (Å²) >= 11 is 14.2. The normalized spacial score (nSPS) is 16.7. The number of rotatable bonds is 12. The van der Waals surface area contributed by atoms with E-state index in [4.69, 9.17) is 37.7 Å². The molecule has 2 aliphatic heterocycles. The molecule has 0 radical (unpaired) electrons. The van der Waals surface area contributed by atoms with E-state index in [1.54, 1.807) is 19.5 Å². The lowest BCUT2D eigenvalue weighted by Crippen LogP contribution is -2.56. The van der Waals surface area contributed by atoms with Crippen molar-refractivity contribution in [2.45, 2.75) is 37.6 Å². The minimum absolute atomic E-state index is 0.0912. The number of benzene rings is 2. The standard InChI is InChI=1S/C37H36Cl2N6O5/c1-49-35-23(15-40-18-25-9-11-32(46)43-25)8-10-30(44-35)29-7-3-6-28(34(29)39)27-5-2-4-26(33(27)38)22-12-13-45-31(14-22)42-17-24(36(45)47)16-41-19-37(48)20-50-21-37/h2-8,10,12-14,17,25,40-41,48H,9,11,15-16,18-21H2,1H3,(H,43,46). The fraction of sp³-hybridized carbons (Fsp3) is 0.297. The molecule has 1 atom stereocenters. The molecule has 1 amide bonds. The van der Waals surface area contributed by atoms with E-state index in [2.05, 4.69) is 20.9 Å². The molecule has 5 heterocycles. The number of methoxy groups -OCH3 is 1. The number of nitrogens with zero attached hydrogens (tertiary/aromatic N) is 3. The van der Waals surface area contributed by atoms with Crippen LogP contribution in [-0.2, 0) is 22.6 Å². The van der Waals surface area contributed by atoms with Gasteiger partial charge in [0.2, 0.25) is 11.8 Å². The van der Waals surface area contributed by atoms with Crippen molar-refractivity contribution < 1.29 is 19.4 Å². The SMILES string of the molecule is COc1nc(-c2cccc(-c3cccc(-c4ccn5c(=O)c(CNCC6(O)COC6)cnc5c4)c3Cl)c2Cl)ccc1CNCC1CCC(=O)N1. The number of nitrogens with one attached hydrogen (secondary N) is 3. The number of carbonyl (C=O) groups excluding carboxylic acids is 1. The van der Waals surface area contributed by atoms with Crippen molar-refractivity contribution in [1.29, 1.82) is 0 Å². The summed E-state index contributed by atoms with van der Waals surface area (Å²) < 4.78 is 12.2. The molecule has 0 spiro atoms. The van der Waals surface area contributed by atoms with Gasteiger partial charge >= 0.3 is 0 Å². The Morgan fingerprint density at radius 3 is 2.40 bits per heavy atom. The van der Waals surface area contributed by atoms with Gasteiger partial charge in [-0.05, 0) is 30.2 Å². The highest BCUT2D eigenvalue weighted by atomic mass is 35.5. The van der Waals surface area contributed by atoms with Crippen LogP contribution in [0.3, 0.4) is 0 Å². The van der Waals surface area contributed by atoms with Crippen LogP contribution in [0.4, 0.5) is 0 Å². The second-order valence-electron chi connectivity index (χ2n) is 12.7. The van der Waals surface area contributed by atoms with E-state index >= 15 is 0 Å². The Bertz CT molecular complexity index is 2140. The summed E-state index contributed by atoms with van der Waals surface area (Å²) in [6, 6.07) is 19.2. The highest BCUT2D eigenvalue weighted by Gasteiger charge is 2.35. The van der Waals surface area contributed by atoms with Gasteiger partial charge in [0.05, 0.1) is 36.1 Å². The molecule has 1 unspecified atom stereocenters. The Labute approximate surface area is 298 Å². The van der Waals surface area contributed by atoms with Gasteiger partial charge in [0.1, 0.15) is 11.2 Å². The van der Waals surface area contributed by atoms with Crippen LogP contribution in [0.5, 0.6) is 5.88 Å². The second-order valence-corrected chi connectivity index (χ2v) is 13.4. The van der Waals surface area contributed by atoms with E-state index in [0.717, 1.165) is 39.8 Å². The molecule has 258 valence electrons. The van der Waals surface area contributed by atoms with E-state index in [9.17, 15) is 14.7 Å². The van der Waals surface area contributed by atoms with Gasteiger partial charge in [0, 0.05) is 84.4 Å². The molecular formula is C37H36Cl2N6O5. The van der Waals surface area contributed by atoms with Crippen LogP contribution in [0.2, 0.25) is 10.0 Å². The number of hydrogen-bond acceptors (Lipinski definition) is 9. The quantitative estimate of drug-likeness (QED) is 0.146. The molecule has 11 nitrogen and oxygen atoms in total. The molecule has 3 aromatic heterocycles. The van der Waals surface area contributed by atoms with E-state index in [-0.39, 0.29) is 37.3 Å². The molecular weight excluding hydrogens is 679 g/mol. The number of pyridine rings is 2. The lowest BCUT2D eigenvalue weighted by molar-refractivity contribution is -0.174. The van der Waals surface area contributed by atoms with Crippen LogP contribution in [0, 0.1) is 0 Å². The van der Waals surface area contributed by atoms with Crippen molar-refractivity contribution in [3.8, 4) is 39.4 Å². The molecule has 2 saturated heterocycles. The monoisotopic (exact) mass is 714 g/mol. The Hall–Kier alpha value is -4.36. The molecule has 13 heteroatoms. The van der Waals surface area contributed by atoms with E-state index in [1.807, 2.05) is 60.7 Å². The van der Waals surface area contributed by atoms with Crippen molar-refractivity contribution in [3.63, 3.8) is 0 Å². The summed E-state index contributed by atoms with van der Waals surface area (Å²) in [5.41, 5.74) is 5.20. The molecule has 2 aliphatic rings. The highest BCUT2D eigenvalue weighted by Crippen LogP contribution is 2.42. The van der Waals surface area contributed by atoms with Crippen molar-refractivity contribution in [2.75, 3.05) is 33.4 Å². The summed E-state index contributed by atoms with van der Waals surface area (Å²) in [5, 5.41) is 20.7. The van der Waals surface area contributed by atoms with Crippen LogP contribution in [0.25, 0.3) is 39.2 Å². The molecule has 7 rings (SSSR count). The van der Waals surface area contributed by atoms with Gasteiger partial charge in [0.25, 0.3) is 5.56 Å². The maximum absolute atomic E-state index is 13.2. The number of hydrogen-bond donors (Lipinski definition) is 4. The first-order chi connectivity index (χ1) is 24.2. The highest BCUT2D eigenvalue weighted by molar-refractivity contribution is 6.39. The van der Waals surface area contributed by atoms with E-state index in [1.165, 1.54) is 4.40 Å². The number of fused-ring (bicyclic) bond motifs is 1. The third kappa shape index (κ3) is 6.98. The topological polar surface area (TPSA) is 139 Å². The second kappa shape index (κ2) is 14.5. The van der Waals surface area contributed by atoms with Crippen LogP contribution in [0.15, 0.2) is 77.9 Å². The molecule has 0 saturated carbocycles. The summed E-state index contributed by atoms with van der Waals surface area (Å²) in [6.45, 7) is 2.37. The maximum atomic E-state index is 13.2. The minimum Gasteiger partial charge on any atom is -0.481 e. The zero-order valence-electron chi connectivity index (χ0n) is 27.3. The first-order valence-corrected chi connectivity index (χ1v) is 17.1. The lowest BCUT2D eigenvalue weighted by Gasteiger charge is -2.36. The number of ether oxygens (including phenoxy) is 2. The van der Waals surface area contributed by atoms with Gasteiger partial charge in [-0.2, -0.15) is 0 Å². The number of aliphatic hydroxyl groups is 1. The van der Waals surface area contributed by atoms with Crippen LogP contribution >= 0.6 is 23.2 Å². The molecule has 2 aromatic carbocycles. The van der Waals surface area contributed by atoms with E-state index in [0.29, 0.717) is 58.9 Å². The van der Waals surface area contributed by atoms with Crippen molar-refractivity contribution in [1.82, 2.24) is 30.3 Å². The number of carbonyl (C=O) groups is 1. The van der Waals surface area contributed by atoms with E-state index < -0.39 is 5.60 Å². The molecule has 4 N–H and O–H groups in total. The Morgan fingerprint density at radius 1 is 0.980 bits per heavy atom. The Balaban J connectivity index is 1.12. The van der Waals surface area contributed by atoms with Crippen molar-refractivity contribution in [2.24, 2.45) is 0 Å². The largest absolute Gasteiger partial charge is 0.481 e. The molecule has 50 heavy (non-hydrogen) atoms. The average Bonchev–Trinajstić information content (AvgIpc) is 3.53.